The van der Waals surface area contributed by atoms with Crippen LogP contribution >= 0.6 is 0 Å². The molecule has 2 aromatic rings. The van der Waals surface area contributed by atoms with E-state index < -0.39 is 6.09 Å². The van der Waals surface area contributed by atoms with Gasteiger partial charge in [-0.2, -0.15) is 0 Å². The molecule has 0 aromatic heterocycles. The Hall–Kier alpha value is -4.00. The average Bonchev–Trinajstić information content (AvgIpc) is 2.78. The number of hydrogen-bond acceptors (Lipinski definition) is 6. The third-order valence-corrected chi connectivity index (χ3v) is 4.93. The van der Waals surface area contributed by atoms with Crippen LogP contribution in [0, 0.1) is 0 Å². The summed E-state index contributed by atoms with van der Waals surface area (Å²) in [7, 11) is 1.69. The zero-order valence-corrected chi connectivity index (χ0v) is 17.6. The van der Waals surface area contributed by atoms with Crippen molar-refractivity contribution in [3.8, 4) is 11.1 Å². The van der Waals surface area contributed by atoms with Crippen LogP contribution < -0.4 is 11.5 Å². The van der Waals surface area contributed by atoms with Gasteiger partial charge in [0.1, 0.15) is 5.76 Å². The van der Waals surface area contributed by atoms with Gasteiger partial charge < -0.3 is 26.0 Å². The normalized spacial score (nSPS) is 13.3. The molecule has 1 aliphatic rings. The summed E-state index contributed by atoms with van der Waals surface area (Å²) in [6.45, 7) is 8.37. The van der Waals surface area contributed by atoms with Crippen molar-refractivity contribution in [3.63, 3.8) is 0 Å². The maximum Gasteiger partial charge on any atom is 0.414 e. The molecule has 0 unspecified atom stereocenters. The van der Waals surface area contributed by atoms with Crippen LogP contribution in [0.1, 0.15) is 5.56 Å². The molecule has 0 saturated heterocycles. The van der Waals surface area contributed by atoms with Crippen LogP contribution in [0.3, 0.4) is 0 Å². The topological polar surface area (TPSA) is 97.2 Å². The van der Waals surface area contributed by atoms with E-state index in [-0.39, 0.29) is 23.8 Å². The average molecular weight is 418 g/mol. The lowest BCUT2D eigenvalue weighted by molar-refractivity contribution is 0.135. The zero-order chi connectivity index (χ0) is 22.4. The van der Waals surface area contributed by atoms with Gasteiger partial charge in [0.25, 0.3) is 0 Å². The predicted octanol–water partition coefficient (Wildman–Crippen LogP) is 3.42. The highest BCUT2D eigenvalue weighted by molar-refractivity contribution is 5.69. The van der Waals surface area contributed by atoms with Crippen LogP contribution in [0.15, 0.2) is 95.7 Å². The summed E-state index contributed by atoms with van der Waals surface area (Å²) in [6, 6.07) is 18.5. The van der Waals surface area contributed by atoms with Crippen LogP contribution in [0.5, 0.6) is 0 Å². The number of hydrogen-bond donors (Lipinski definition) is 2. The Morgan fingerprint density at radius 1 is 1.13 bits per heavy atom. The zero-order valence-electron chi connectivity index (χ0n) is 17.6. The first-order valence-electron chi connectivity index (χ1n) is 9.85. The second kappa shape index (κ2) is 9.67. The molecule has 31 heavy (non-hydrogen) atoms. The van der Waals surface area contributed by atoms with Gasteiger partial charge in [-0.25, -0.2) is 9.79 Å². The van der Waals surface area contributed by atoms with Crippen LogP contribution in [0.25, 0.3) is 11.1 Å². The molecule has 7 nitrogen and oxygen atoms in total. The third kappa shape index (κ3) is 5.54. The Kier molecular flexibility index (Phi) is 6.77. The van der Waals surface area contributed by atoms with E-state index >= 15 is 0 Å². The minimum absolute atomic E-state index is 0.189. The molecular weight excluding hydrogens is 390 g/mol. The molecule has 2 aromatic carbocycles. The molecule has 0 fully saturated rings. The number of rotatable bonds is 7. The molecule has 0 atom stereocenters. The van der Waals surface area contributed by atoms with Crippen molar-refractivity contribution in [2.24, 2.45) is 16.5 Å². The number of ether oxygens (including phenoxy) is 1. The first-order valence-corrected chi connectivity index (χ1v) is 9.85. The molecule has 1 amide bonds. The maximum atomic E-state index is 12.4. The first kappa shape index (κ1) is 21.7. The van der Waals surface area contributed by atoms with Crippen LogP contribution in [-0.4, -0.2) is 42.4 Å². The maximum absolute atomic E-state index is 12.4. The number of amides is 1. The summed E-state index contributed by atoms with van der Waals surface area (Å²) >= 11 is 0. The largest absolute Gasteiger partial charge is 0.414 e. The standard InChI is InChI=1S/C24H27N5O2/c1-17(15-29-16-27-23(26)22(25)18(29)2)31-24(30)28(3)13-12-19-8-7-11-21(14-19)20-9-5-4-6-10-20/h4-11,14,16H,1-2,12-13,15,25-26H2,3H3. The Labute approximate surface area is 182 Å². The molecule has 3 rings (SSSR count). The first-order chi connectivity index (χ1) is 14.8. The summed E-state index contributed by atoms with van der Waals surface area (Å²) in [5.41, 5.74) is 15.7. The lowest BCUT2D eigenvalue weighted by Gasteiger charge is -2.26. The molecule has 1 aliphatic heterocycles. The number of aliphatic imine (C=N–C) groups is 1. The van der Waals surface area contributed by atoms with Gasteiger partial charge in [-0.3, -0.25) is 0 Å². The number of nitrogens with zero attached hydrogens (tertiary/aromatic N) is 3. The number of benzene rings is 2. The van der Waals surface area contributed by atoms with E-state index in [1.54, 1.807) is 11.9 Å². The Morgan fingerprint density at radius 2 is 1.84 bits per heavy atom. The van der Waals surface area contributed by atoms with Gasteiger partial charge in [-0.1, -0.05) is 67.8 Å². The smallest absolute Gasteiger partial charge is 0.413 e. The van der Waals surface area contributed by atoms with E-state index in [9.17, 15) is 4.79 Å². The SMILES string of the molecule is C=C(CN1C=NC(N)=C(N)C1=C)OC(=O)N(C)CCc1cccc(-c2ccccc2)c1. The monoisotopic (exact) mass is 417 g/mol. The number of carbonyl (C=O) groups excluding carboxylic acids is 1. The molecule has 0 aliphatic carbocycles. The van der Waals surface area contributed by atoms with Gasteiger partial charge in [0, 0.05) is 13.6 Å². The lowest BCUT2D eigenvalue weighted by Crippen LogP contribution is -2.34. The van der Waals surface area contributed by atoms with Gasteiger partial charge in [0.05, 0.1) is 24.3 Å². The van der Waals surface area contributed by atoms with Crippen molar-refractivity contribution in [2.75, 3.05) is 20.1 Å². The summed E-state index contributed by atoms with van der Waals surface area (Å²) in [5, 5.41) is 0. The fraction of sp³-hybridized carbons (Fsp3) is 0.167. The van der Waals surface area contributed by atoms with Crippen LogP contribution in [0.2, 0.25) is 0 Å². The number of likely N-dealkylation sites (N-methyl/N-ethyl adjacent to an activating group) is 1. The van der Waals surface area contributed by atoms with Gasteiger partial charge in [-0.15, -0.1) is 0 Å². The summed E-state index contributed by atoms with van der Waals surface area (Å²) in [5.74, 6) is 0.462. The molecule has 1 heterocycles. The highest BCUT2D eigenvalue weighted by atomic mass is 16.6. The van der Waals surface area contributed by atoms with Gasteiger partial charge in [0.15, 0.2) is 5.82 Å². The van der Waals surface area contributed by atoms with Crippen molar-refractivity contribution in [1.29, 1.82) is 0 Å². The van der Waals surface area contributed by atoms with Crippen molar-refractivity contribution in [1.82, 2.24) is 9.80 Å². The van der Waals surface area contributed by atoms with E-state index in [0.717, 1.165) is 16.7 Å². The van der Waals surface area contributed by atoms with Crippen molar-refractivity contribution in [2.45, 2.75) is 6.42 Å². The Morgan fingerprint density at radius 3 is 2.58 bits per heavy atom. The second-order valence-electron chi connectivity index (χ2n) is 7.26. The minimum atomic E-state index is -0.480. The molecule has 0 spiro atoms. The van der Waals surface area contributed by atoms with Crippen LogP contribution in [-0.2, 0) is 11.2 Å². The van der Waals surface area contributed by atoms with Crippen molar-refractivity contribution in [3.05, 3.63) is 96.3 Å². The predicted molar refractivity (Wildman–Crippen MR) is 124 cm³/mol. The van der Waals surface area contributed by atoms with Crippen molar-refractivity contribution < 1.29 is 9.53 Å². The molecule has 7 heteroatoms. The fourth-order valence-electron chi connectivity index (χ4n) is 3.06. The summed E-state index contributed by atoms with van der Waals surface area (Å²) in [4.78, 5) is 19.5. The highest BCUT2D eigenvalue weighted by Gasteiger charge is 2.19. The van der Waals surface area contributed by atoms with E-state index in [0.29, 0.717) is 18.7 Å². The lowest BCUT2D eigenvalue weighted by atomic mass is 10.0. The molecule has 160 valence electrons. The van der Waals surface area contributed by atoms with E-state index in [1.165, 1.54) is 11.2 Å². The van der Waals surface area contributed by atoms with Gasteiger partial charge >= 0.3 is 6.09 Å². The molecule has 0 saturated carbocycles. The summed E-state index contributed by atoms with van der Waals surface area (Å²) < 4.78 is 5.37. The molecule has 4 N–H and O–H groups in total. The Bertz CT molecular complexity index is 1040. The molecule has 0 radical (unpaired) electrons. The van der Waals surface area contributed by atoms with E-state index in [1.807, 2.05) is 24.3 Å². The van der Waals surface area contributed by atoms with Gasteiger partial charge in [0.2, 0.25) is 0 Å². The second-order valence-corrected chi connectivity index (χ2v) is 7.26. The molecular formula is C24H27N5O2. The third-order valence-electron chi connectivity index (χ3n) is 4.93. The van der Waals surface area contributed by atoms with Crippen molar-refractivity contribution >= 4 is 12.4 Å². The van der Waals surface area contributed by atoms with Gasteiger partial charge in [-0.05, 0) is 23.1 Å². The summed E-state index contributed by atoms with van der Waals surface area (Å²) in [6.07, 6.45) is 1.71. The molecule has 0 bridgehead atoms. The fourth-order valence-corrected chi connectivity index (χ4v) is 3.06. The van der Waals surface area contributed by atoms with Crippen LogP contribution in [0.4, 0.5) is 4.79 Å². The highest BCUT2D eigenvalue weighted by Crippen LogP contribution is 2.20. The van der Waals surface area contributed by atoms with E-state index in [2.05, 4.69) is 48.5 Å². The number of nitrogens with two attached hydrogens (primary N) is 2. The number of carbonyl (C=O) groups is 1. The van der Waals surface area contributed by atoms with E-state index in [4.69, 9.17) is 16.2 Å². The quantitative estimate of drug-likeness (QED) is 0.673. The Balaban J connectivity index is 1.50. The minimum Gasteiger partial charge on any atom is -0.413 e.